The third-order valence-corrected chi connectivity index (χ3v) is 6.72. The van der Waals surface area contributed by atoms with Crippen LogP contribution in [0.2, 0.25) is 0 Å². The van der Waals surface area contributed by atoms with Gasteiger partial charge in [-0.3, -0.25) is 10.5 Å². The minimum atomic E-state index is -4.09. The molecule has 2 aromatic heterocycles. The first-order valence-electron chi connectivity index (χ1n) is 8.27. The SMILES string of the molecule is CNC(=O)N(O)c1cccc(NC(=O)NS(=O)(=O)c2cc(C)c(CCOC)s2)n1. The van der Waals surface area contributed by atoms with Gasteiger partial charge in [0, 0.05) is 25.5 Å². The Morgan fingerprint density at radius 2 is 2.07 bits per heavy atom. The molecule has 29 heavy (non-hydrogen) atoms. The fourth-order valence-electron chi connectivity index (χ4n) is 2.20. The normalized spacial score (nSPS) is 11.0. The van der Waals surface area contributed by atoms with Crippen LogP contribution in [0.1, 0.15) is 10.4 Å². The van der Waals surface area contributed by atoms with Gasteiger partial charge in [-0.15, -0.1) is 11.3 Å². The Bertz CT molecular complexity index is 991. The van der Waals surface area contributed by atoms with E-state index in [1.165, 1.54) is 31.3 Å². The number of amides is 4. The summed E-state index contributed by atoms with van der Waals surface area (Å²) in [7, 11) is -1.21. The van der Waals surface area contributed by atoms with Crippen molar-refractivity contribution in [3.05, 3.63) is 34.7 Å². The van der Waals surface area contributed by atoms with Crippen LogP contribution >= 0.6 is 11.3 Å². The molecular weight excluding hydrogens is 422 g/mol. The van der Waals surface area contributed by atoms with Gasteiger partial charge in [0.05, 0.1) is 6.61 Å². The highest BCUT2D eigenvalue weighted by Crippen LogP contribution is 2.26. The Balaban J connectivity index is 2.09. The van der Waals surface area contributed by atoms with E-state index in [0.717, 1.165) is 21.8 Å². The number of hydrogen-bond donors (Lipinski definition) is 4. The van der Waals surface area contributed by atoms with Gasteiger partial charge in [-0.25, -0.2) is 27.7 Å². The van der Waals surface area contributed by atoms with Gasteiger partial charge in [0.25, 0.3) is 10.0 Å². The Morgan fingerprint density at radius 1 is 1.34 bits per heavy atom. The van der Waals surface area contributed by atoms with Crippen LogP contribution in [0.4, 0.5) is 21.2 Å². The van der Waals surface area contributed by atoms with Crippen molar-refractivity contribution in [2.45, 2.75) is 17.6 Å². The van der Waals surface area contributed by atoms with Crippen LogP contribution < -0.4 is 20.4 Å². The van der Waals surface area contributed by atoms with Gasteiger partial charge in [-0.05, 0) is 30.7 Å². The number of thiophene rings is 1. The predicted octanol–water partition coefficient (Wildman–Crippen LogP) is 1.69. The van der Waals surface area contributed by atoms with Gasteiger partial charge in [0.1, 0.15) is 10.0 Å². The third-order valence-electron chi connectivity index (χ3n) is 3.62. The summed E-state index contributed by atoms with van der Waals surface area (Å²) >= 11 is 1.06. The standard InChI is InChI=1S/C16H21N5O6S2/c1-10-9-14(28-11(10)7-8-27-3)29(25,26)20-15(22)19-12-5-4-6-13(18-12)21(24)16(23)17-2/h4-6,9,24H,7-8H2,1-3H3,(H,17,23)(H2,18,19,20,22). The van der Waals surface area contributed by atoms with Gasteiger partial charge in [0.2, 0.25) is 0 Å². The number of carbonyl (C=O) groups excluding carboxylic acids is 2. The number of ether oxygens (including phenoxy) is 1. The molecule has 0 aliphatic carbocycles. The maximum absolute atomic E-state index is 12.5. The van der Waals surface area contributed by atoms with E-state index in [1.807, 2.05) is 4.72 Å². The summed E-state index contributed by atoms with van der Waals surface area (Å²) in [6.07, 6.45) is 0.564. The van der Waals surface area contributed by atoms with Crippen molar-refractivity contribution >= 4 is 45.1 Å². The van der Waals surface area contributed by atoms with E-state index in [9.17, 15) is 23.2 Å². The van der Waals surface area contributed by atoms with Crippen LogP contribution in [0.5, 0.6) is 0 Å². The lowest BCUT2D eigenvalue weighted by Crippen LogP contribution is -2.36. The maximum Gasteiger partial charge on any atom is 0.347 e. The third kappa shape index (κ3) is 5.87. The Kier molecular flexibility index (Phi) is 7.50. The zero-order chi connectivity index (χ0) is 21.6. The molecule has 0 unspecified atom stereocenters. The number of hydroxylamine groups is 1. The molecule has 4 amide bonds. The average Bonchev–Trinajstić information content (AvgIpc) is 3.06. The Morgan fingerprint density at radius 3 is 2.72 bits per heavy atom. The second-order valence-electron chi connectivity index (χ2n) is 5.72. The molecule has 11 nitrogen and oxygen atoms in total. The summed E-state index contributed by atoms with van der Waals surface area (Å²) in [5, 5.41) is 14.4. The number of nitrogens with zero attached hydrogens (tertiary/aromatic N) is 2. The largest absolute Gasteiger partial charge is 0.384 e. The second-order valence-corrected chi connectivity index (χ2v) is 8.77. The number of pyridine rings is 1. The van der Waals surface area contributed by atoms with Crippen molar-refractivity contribution < 1.29 is 28.0 Å². The summed E-state index contributed by atoms with van der Waals surface area (Å²) in [5.74, 6) is -0.233. The quantitative estimate of drug-likeness (QED) is 0.375. The molecule has 0 aliphatic rings. The molecule has 0 aromatic carbocycles. The molecule has 0 radical (unpaired) electrons. The number of rotatable bonds is 7. The van der Waals surface area contributed by atoms with Crippen LogP contribution in [0, 0.1) is 6.92 Å². The maximum atomic E-state index is 12.5. The van der Waals surface area contributed by atoms with Crippen molar-refractivity contribution in [2.24, 2.45) is 0 Å². The van der Waals surface area contributed by atoms with Crippen LogP contribution in [0.25, 0.3) is 0 Å². The highest BCUT2D eigenvalue weighted by Gasteiger charge is 2.22. The lowest BCUT2D eigenvalue weighted by Gasteiger charge is -2.14. The summed E-state index contributed by atoms with van der Waals surface area (Å²) in [6, 6.07) is 3.72. The molecule has 0 atom stereocenters. The number of aryl methyl sites for hydroxylation is 1. The van der Waals surface area contributed by atoms with Gasteiger partial charge in [-0.2, -0.15) is 5.06 Å². The number of hydrogen-bond acceptors (Lipinski definition) is 8. The lowest BCUT2D eigenvalue weighted by molar-refractivity contribution is 0.203. The zero-order valence-electron chi connectivity index (χ0n) is 15.9. The minimum Gasteiger partial charge on any atom is -0.384 e. The first-order chi connectivity index (χ1) is 13.7. The van der Waals surface area contributed by atoms with Crippen molar-refractivity contribution in [1.29, 1.82) is 0 Å². The highest BCUT2D eigenvalue weighted by atomic mass is 32.2. The first-order valence-corrected chi connectivity index (χ1v) is 10.6. The number of anilines is 2. The molecule has 0 spiro atoms. The van der Waals surface area contributed by atoms with E-state index in [4.69, 9.17) is 4.74 Å². The summed E-state index contributed by atoms with van der Waals surface area (Å²) in [4.78, 5) is 28.3. The minimum absolute atomic E-state index is 0.000821. The monoisotopic (exact) mass is 443 g/mol. The van der Waals surface area contributed by atoms with Gasteiger partial charge in [0.15, 0.2) is 5.82 Å². The molecule has 13 heteroatoms. The number of aromatic nitrogens is 1. The average molecular weight is 444 g/mol. The molecule has 0 bridgehead atoms. The van der Waals surface area contributed by atoms with Crippen molar-refractivity contribution in [2.75, 3.05) is 31.1 Å². The summed E-state index contributed by atoms with van der Waals surface area (Å²) in [6.45, 7) is 2.23. The van der Waals surface area contributed by atoms with Crippen molar-refractivity contribution in [3.8, 4) is 0 Å². The zero-order valence-corrected chi connectivity index (χ0v) is 17.6. The van der Waals surface area contributed by atoms with E-state index in [2.05, 4.69) is 15.6 Å². The molecule has 2 rings (SSSR count). The number of sulfonamides is 1. The lowest BCUT2D eigenvalue weighted by atomic mass is 10.2. The number of nitrogens with one attached hydrogen (secondary N) is 3. The van der Waals surface area contributed by atoms with Crippen LogP contribution in [0.15, 0.2) is 28.5 Å². The van der Waals surface area contributed by atoms with Crippen LogP contribution in [0.3, 0.4) is 0 Å². The molecule has 4 N–H and O–H groups in total. The molecule has 0 aliphatic heterocycles. The van der Waals surface area contributed by atoms with Gasteiger partial charge < -0.3 is 10.1 Å². The van der Waals surface area contributed by atoms with Gasteiger partial charge in [-0.1, -0.05) is 6.07 Å². The van der Waals surface area contributed by atoms with E-state index >= 15 is 0 Å². The first kappa shape index (κ1) is 22.5. The fraction of sp³-hybridized carbons (Fsp3) is 0.312. The predicted molar refractivity (Wildman–Crippen MR) is 107 cm³/mol. The van der Waals surface area contributed by atoms with Crippen molar-refractivity contribution in [1.82, 2.24) is 15.0 Å². The van der Waals surface area contributed by atoms with Gasteiger partial charge >= 0.3 is 12.1 Å². The van der Waals surface area contributed by atoms with Crippen LogP contribution in [-0.2, 0) is 21.2 Å². The molecular formula is C16H21N5O6S2. The Hall–Kier alpha value is -2.74. The molecule has 0 saturated heterocycles. The summed E-state index contributed by atoms with van der Waals surface area (Å²) < 4.78 is 31.8. The molecule has 2 aromatic rings. The Labute approximate surface area is 171 Å². The number of carbonyl (C=O) groups is 2. The van der Waals surface area contributed by atoms with E-state index in [-0.39, 0.29) is 20.9 Å². The molecule has 0 saturated carbocycles. The number of urea groups is 2. The molecule has 158 valence electrons. The van der Waals surface area contributed by atoms with Crippen LogP contribution in [-0.4, -0.2) is 51.4 Å². The number of methoxy groups -OCH3 is 1. The molecule has 0 fully saturated rings. The fourth-order valence-corrected chi connectivity index (χ4v) is 4.68. The second kappa shape index (κ2) is 9.65. The molecule has 2 heterocycles. The van der Waals surface area contributed by atoms with E-state index in [0.29, 0.717) is 13.0 Å². The highest BCUT2D eigenvalue weighted by molar-refractivity contribution is 7.92. The van der Waals surface area contributed by atoms with Crippen molar-refractivity contribution in [3.63, 3.8) is 0 Å². The summed E-state index contributed by atoms with van der Waals surface area (Å²) in [5.41, 5.74) is 0.791. The topological polar surface area (TPSA) is 150 Å². The smallest absolute Gasteiger partial charge is 0.347 e. The van der Waals surface area contributed by atoms with E-state index < -0.39 is 22.1 Å². The van der Waals surface area contributed by atoms with E-state index in [1.54, 1.807) is 14.0 Å².